The van der Waals surface area contributed by atoms with Gasteiger partial charge in [-0.05, 0) is 25.5 Å². The summed E-state index contributed by atoms with van der Waals surface area (Å²) in [6, 6.07) is 6.79. The SMILES string of the molecule is CCOC(=O)C(CC)Oc1ccc(C#N)cc1OC. The van der Waals surface area contributed by atoms with Crippen LogP contribution in [-0.2, 0) is 9.53 Å². The van der Waals surface area contributed by atoms with Crippen LogP contribution in [-0.4, -0.2) is 25.8 Å². The lowest BCUT2D eigenvalue weighted by Gasteiger charge is -2.17. The van der Waals surface area contributed by atoms with E-state index in [4.69, 9.17) is 19.5 Å². The fraction of sp³-hybridized carbons (Fsp3) is 0.429. The minimum Gasteiger partial charge on any atom is -0.493 e. The lowest BCUT2D eigenvalue weighted by molar-refractivity contribution is -0.151. The van der Waals surface area contributed by atoms with Crippen LogP contribution >= 0.6 is 0 Å². The molecule has 5 nitrogen and oxygen atoms in total. The number of nitrogens with zero attached hydrogens (tertiary/aromatic N) is 1. The van der Waals surface area contributed by atoms with Crippen molar-refractivity contribution in [1.29, 1.82) is 5.26 Å². The van der Waals surface area contributed by atoms with Crippen LogP contribution in [0.3, 0.4) is 0 Å². The monoisotopic (exact) mass is 263 g/mol. The van der Waals surface area contributed by atoms with Crippen LogP contribution in [0.15, 0.2) is 18.2 Å². The van der Waals surface area contributed by atoms with E-state index < -0.39 is 12.1 Å². The fourth-order valence-electron chi connectivity index (χ4n) is 1.52. The van der Waals surface area contributed by atoms with Crippen LogP contribution in [0.4, 0.5) is 0 Å². The standard InChI is InChI=1S/C14H17NO4/c1-4-11(14(16)18-5-2)19-12-7-6-10(9-15)8-13(12)17-3/h6-8,11H,4-5H2,1-3H3. The summed E-state index contributed by atoms with van der Waals surface area (Å²) in [5.41, 5.74) is 0.466. The first kappa shape index (κ1) is 14.8. The molecule has 0 aromatic heterocycles. The maximum atomic E-state index is 11.7. The molecule has 0 amide bonds. The third-order valence-electron chi connectivity index (χ3n) is 2.48. The second-order valence-electron chi connectivity index (χ2n) is 3.74. The van der Waals surface area contributed by atoms with Gasteiger partial charge in [-0.1, -0.05) is 6.92 Å². The number of carbonyl (C=O) groups is 1. The summed E-state index contributed by atoms with van der Waals surface area (Å²) in [5, 5.41) is 8.81. The van der Waals surface area contributed by atoms with Gasteiger partial charge in [-0.3, -0.25) is 0 Å². The predicted molar refractivity (Wildman–Crippen MR) is 69.0 cm³/mol. The average molecular weight is 263 g/mol. The van der Waals surface area contributed by atoms with Crippen molar-refractivity contribution in [2.45, 2.75) is 26.4 Å². The lowest BCUT2D eigenvalue weighted by Crippen LogP contribution is -2.28. The number of methoxy groups -OCH3 is 1. The summed E-state index contributed by atoms with van der Waals surface area (Å²) in [7, 11) is 1.48. The van der Waals surface area contributed by atoms with Crippen LogP contribution < -0.4 is 9.47 Å². The molecule has 0 spiro atoms. The van der Waals surface area contributed by atoms with E-state index in [9.17, 15) is 4.79 Å². The summed E-state index contributed by atoms with van der Waals surface area (Å²) in [4.78, 5) is 11.7. The lowest BCUT2D eigenvalue weighted by atomic mass is 10.2. The molecule has 1 aromatic rings. The largest absolute Gasteiger partial charge is 0.493 e. The van der Waals surface area contributed by atoms with Crippen LogP contribution in [0.2, 0.25) is 0 Å². The van der Waals surface area contributed by atoms with Gasteiger partial charge in [0.25, 0.3) is 0 Å². The number of esters is 1. The van der Waals surface area contributed by atoms with Crippen molar-refractivity contribution < 1.29 is 19.0 Å². The van der Waals surface area contributed by atoms with E-state index in [-0.39, 0.29) is 0 Å². The highest BCUT2D eigenvalue weighted by Crippen LogP contribution is 2.29. The van der Waals surface area contributed by atoms with Gasteiger partial charge in [0.2, 0.25) is 0 Å². The molecular formula is C14H17NO4. The molecule has 0 aliphatic heterocycles. The van der Waals surface area contributed by atoms with E-state index in [0.29, 0.717) is 30.1 Å². The van der Waals surface area contributed by atoms with Crippen molar-refractivity contribution in [3.05, 3.63) is 23.8 Å². The molecule has 0 heterocycles. The van der Waals surface area contributed by atoms with Gasteiger partial charge in [-0.2, -0.15) is 5.26 Å². The average Bonchev–Trinajstić information content (AvgIpc) is 2.44. The minimum atomic E-state index is -0.679. The maximum Gasteiger partial charge on any atom is 0.347 e. The van der Waals surface area contributed by atoms with Crippen molar-refractivity contribution in [1.82, 2.24) is 0 Å². The highest BCUT2D eigenvalue weighted by Gasteiger charge is 2.21. The van der Waals surface area contributed by atoms with E-state index in [0.717, 1.165) is 0 Å². The molecule has 0 fully saturated rings. The second kappa shape index (κ2) is 7.27. The Morgan fingerprint density at radius 1 is 1.37 bits per heavy atom. The Bertz CT molecular complexity index is 479. The van der Waals surface area contributed by atoms with Gasteiger partial charge >= 0.3 is 5.97 Å². The molecule has 5 heteroatoms. The van der Waals surface area contributed by atoms with Crippen LogP contribution in [0, 0.1) is 11.3 Å². The van der Waals surface area contributed by atoms with Gasteiger partial charge in [-0.25, -0.2) is 4.79 Å². The number of hydrogen-bond donors (Lipinski definition) is 0. The molecule has 19 heavy (non-hydrogen) atoms. The van der Waals surface area contributed by atoms with Crippen molar-refractivity contribution in [3.63, 3.8) is 0 Å². The number of benzene rings is 1. The zero-order chi connectivity index (χ0) is 14.3. The first-order valence-electron chi connectivity index (χ1n) is 6.07. The Morgan fingerprint density at radius 2 is 2.11 bits per heavy atom. The molecule has 0 aliphatic carbocycles. The Balaban J connectivity index is 2.91. The molecule has 0 bridgehead atoms. The summed E-state index contributed by atoms with van der Waals surface area (Å²) >= 11 is 0. The topological polar surface area (TPSA) is 68.5 Å². The van der Waals surface area contributed by atoms with Crippen molar-refractivity contribution in [2.24, 2.45) is 0 Å². The van der Waals surface area contributed by atoms with Crippen molar-refractivity contribution >= 4 is 5.97 Å². The Labute approximate surface area is 112 Å². The smallest absolute Gasteiger partial charge is 0.347 e. The zero-order valence-electron chi connectivity index (χ0n) is 11.3. The number of carbonyl (C=O) groups excluding carboxylic acids is 1. The summed E-state index contributed by atoms with van der Waals surface area (Å²) in [5.74, 6) is 0.430. The molecule has 1 rings (SSSR count). The Hall–Kier alpha value is -2.22. The molecule has 0 radical (unpaired) electrons. The molecule has 0 aliphatic rings. The molecule has 1 unspecified atom stereocenters. The quantitative estimate of drug-likeness (QED) is 0.736. The zero-order valence-corrected chi connectivity index (χ0v) is 11.3. The third kappa shape index (κ3) is 3.88. The highest BCUT2D eigenvalue weighted by molar-refractivity contribution is 5.75. The Morgan fingerprint density at radius 3 is 2.63 bits per heavy atom. The van der Waals surface area contributed by atoms with Gasteiger partial charge < -0.3 is 14.2 Å². The molecule has 102 valence electrons. The van der Waals surface area contributed by atoms with Crippen molar-refractivity contribution in [3.8, 4) is 17.6 Å². The van der Waals surface area contributed by atoms with Gasteiger partial charge in [0.15, 0.2) is 17.6 Å². The second-order valence-corrected chi connectivity index (χ2v) is 3.74. The van der Waals surface area contributed by atoms with Gasteiger partial charge in [0.05, 0.1) is 25.3 Å². The number of rotatable bonds is 6. The number of ether oxygens (including phenoxy) is 3. The first-order valence-corrected chi connectivity index (χ1v) is 6.07. The molecular weight excluding hydrogens is 246 g/mol. The van der Waals surface area contributed by atoms with E-state index >= 15 is 0 Å². The molecule has 0 saturated carbocycles. The van der Waals surface area contributed by atoms with Gasteiger partial charge in [-0.15, -0.1) is 0 Å². The Kier molecular flexibility index (Phi) is 5.68. The minimum absolute atomic E-state index is 0.309. The van der Waals surface area contributed by atoms with E-state index in [1.165, 1.54) is 7.11 Å². The third-order valence-corrected chi connectivity index (χ3v) is 2.48. The summed E-state index contributed by atoms with van der Waals surface area (Å²) < 4.78 is 15.7. The highest BCUT2D eigenvalue weighted by atomic mass is 16.6. The van der Waals surface area contributed by atoms with Crippen molar-refractivity contribution in [2.75, 3.05) is 13.7 Å². The van der Waals surface area contributed by atoms with E-state index in [1.807, 2.05) is 13.0 Å². The molecule has 0 saturated heterocycles. The molecule has 1 aromatic carbocycles. The normalized spacial score (nSPS) is 11.3. The first-order chi connectivity index (χ1) is 9.15. The van der Waals surface area contributed by atoms with Gasteiger partial charge in [0, 0.05) is 6.07 Å². The number of nitriles is 1. The molecule has 1 atom stereocenters. The van der Waals surface area contributed by atoms with Crippen LogP contribution in [0.5, 0.6) is 11.5 Å². The number of hydrogen-bond acceptors (Lipinski definition) is 5. The maximum absolute atomic E-state index is 11.7. The predicted octanol–water partition coefficient (Wildman–Crippen LogP) is 2.29. The fourth-order valence-corrected chi connectivity index (χ4v) is 1.52. The summed E-state index contributed by atoms with van der Waals surface area (Å²) in [6.07, 6.45) is -0.191. The summed E-state index contributed by atoms with van der Waals surface area (Å²) in [6.45, 7) is 3.88. The van der Waals surface area contributed by atoms with Gasteiger partial charge in [0.1, 0.15) is 0 Å². The van der Waals surface area contributed by atoms with Crippen LogP contribution in [0.1, 0.15) is 25.8 Å². The van der Waals surface area contributed by atoms with Crippen LogP contribution in [0.25, 0.3) is 0 Å². The van der Waals surface area contributed by atoms with E-state index in [1.54, 1.807) is 25.1 Å². The molecule has 0 N–H and O–H groups in total. The van der Waals surface area contributed by atoms with E-state index in [2.05, 4.69) is 0 Å².